The Kier molecular flexibility index (Phi) is 4.24. The van der Waals surface area contributed by atoms with Crippen LogP contribution in [0, 0.1) is 0 Å². The molecular formula is C17H18ClN3O2. The summed E-state index contributed by atoms with van der Waals surface area (Å²) in [5.41, 5.74) is 8.89. The maximum atomic E-state index is 11.7. The van der Waals surface area contributed by atoms with Gasteiger partial charge >= 0.3 is 0 Å². The van der Waals surface area contributed by atoms with Crippen LogP contribution in [0.4, 0.5) is 11.4 Å². The van der Waals surface area contributed by atoms with Crippen LogP contribution in [0.25, 0.3) is 0 Å². The number of hydrogen-bond donors (Lipinski definition) is 2. The molecule has 0 amide bonds. The Bertz CT molecular complexity index is 735. The molecule has 1 aliphatic carbocycles. The van der Waals surface area contributed by atoms with Crippen molar-refractivity contribution in [2.75, 3.05) is 18.0 Å². The first-order valence-electron chi connectivity index (χ1n) is 7.46. The van der Waals surface area contributed by atoms with Crippen molar-refractivity contribution in [2.24, 2.45) is 10.7 Å². The topological polar surface area (TPSA) is 78.9 Å². The molecule has 23 heavy (non-hydrogen) atoms. The number of allylic oxidation sites excluding steroid dienone is 3. The molecule has 120 valence electrons. The second-order valence-corrected chi connectivity index (χ2v) is 6.16. The Morgan fingerprint density at radius 3 is 2.65 bits per heavy atom. The number of rotatable bonds is 2. The predicted octanol–water partition coefficient (Wildman–Crippen LogP) is 2.27. The SMILES string of the molecule is CC1=C/C(=N/c2ccc(N3CCC(O)C3)cc2)C(N)=C(Cl)C1=O. The lowest BCUT2D eigenvalue weighted by atomic mass is 10.0. The van der Waals surface area contributed by atoms with Gasteiger partial charge in [0.15, 0.2) is 0 Å². The van der Waals surface area contributed by atoms with E-state index in [0.717, 1.165) is 24.3 Å². The quantitative estimate of drug-likeness (QED) is 0.815. The number of carbonyl (C=O) groups excluding carboxylic acids is 1. The minimum absolute atomic E-state index is 0.0198. The molecule has 1 aromatic rings. The summed E-state index contributed by atoms with van der Waals surface area (Å²) in [6, 6.07) is 7.69. The van der Waals surface area contributed by atoms with Gasteiger partial charge in [0.05, 0.1) is 23.2 Å². The van der Waals surface area contributed by atoms with Gasteiger partial charge in [-0.15, -0.1) is 0 Å². The fraction of sp³-hybridized carbons (Fsp3) is 0.294. The summed E-state index contributed by atoms with van der Waals surface area (Å²) in [5.74, 6) is -0.258. The second kappa shape index (κ2) is 6.18. The normalized spacial score (nSPS) is 23.7. The lowest BCUT2D eigenvalue weighted by Crippen LogP contribution is -2.21. The minimum Gasteiger partial charge on any atom is -0.396 e. The van der Waals surface area contributed by atoms with E-state index in [1.807, 2.05) is 24.3 Å². The van der Waals surface area contributed by atoms with Crippen molar-refractivity contribution in [2.45, 2.75) is 19.4 Å². The van der Waals surface area contributed by atoms with Crippen molar-refractivity contribution in [1.29, 1.82) is 0 Å². The van der Waals surface area contributed by atoms with Gasteiger partial charge in [-0.3, -0.25) is 4.79 Å². The van der Waals surface area contributed by atoms with E-state index in [0.29, 0.717) is 17.8 Å². The van der Waals surface area contributed by atoms with E-state index in [4.69, 9.17) is 17.3 Å². The molecule has 1 atom stereocenters. The highest BCUT2D eigenvalue weighted by Crippen LogP contribution is 2.26. The summed E-state index contributed by atoms with van der Waals surface area (Å²) in [5, 5.41) is 9.62. The molecule has 3 N–H and O–H groups in total. The summed E-state index contributed by atoms with van der Waals surface area (Å²) in [6.07, 6.45) is 2.19. The van der Waals surface area contributed by atoms with Crippen LogP contribution in [-0.2, 0) is 4.79 Å². The van der Waals surface area contributed by atoms with Gasteiger partial charge in [0, 0.05) is 24.4 Å². The summed E-state index contributed by atoms with van der Waals surface area (Å²) in [7, 11) is 0. The Hall–Kier alpha value is -2.11. The molecule has 0 saturated carbocycles. The number of β-amino-alcohol motifs (C(OH)–C–C–N with tert-alkyl or cyclic N) is 1. The summed E-state index contributed by atoms with van der Waals surface area (Å²) >= 11 is 5.95. The fourth-order valence-electron chi connectivity index (χ4n) is 2.70. The standard InChI is InChI=1S/C17H18ClN3O2/c1-10-8-14(16(19)15(18)17(10)23)20-11-2-4-12(5-3-11)21-7-6-13(22)9-21/h2-5,8,13,22H,6-7,9,19H2,1H3/b20-14-. The third kappa shape index (κ3) is 3.16. The van der Waals surface area contributed by atoms with Crippen molar-refractivity contribution in [1.82, 2.24) is 0 Å². The van der Waals surface area contributed by atoms with Gasteiger partial charge in [0.25, 0.3) is 0 Å². The van der Waals surface area contributed by atoms with Gasteiger partial charge < -0.3 is 15.7 Å². The molecule has 6 heteroatoms. The third-order valence-corrected chi connectivity index (χ3v) is 4.43. The lowest BCUT2D eigenvalue weighted by Gasteiger charge is -2.18. The number of aliphatic hydroxyl groups excluding tert-OH is 1. The first kappa shape index (κ1) is 15.8. The number of halogens is 1. The molecule has 0 bridgehead atoms. The number of benzene rings is 1. The molecule has 1 aromatic carbocycles. The van der Waals surface area contributed by atoms with E-state index in [9.17, 15) is 9.90 Å². The van der Waals surface area contributed by atoms with E-state index in [-0.39, 0.29) is 22.6 Å². The van der Waals surface area contributed by atoms with Crippen molar-refractivity contribution < 1.29 is 9.90 Å². The number of ketones is 1. The summed E-state index contributed by atoms with van der Waals surface area (Å²) < 4.78 is 0. The molecule has 1 fully saturated rings. The van der Waals surface area contributed by atoms with Crippen LogP contribution in [0.5, 0.6) is 0 Å². The minimum atomic E-state index is -0.258. The molecule has 2 aliphatic rings. The number of Topliss-reactive ketones (excluding diaryl/α,β-unsaturated/α-hetero) is 1. The number of carbonyl (C=O) groups is 1. The first-order chi connectivity index (χ1) is 11.0. The Morgan fingerprint density at radius 1 is 1.35 bits per heavy atom. The summed E-state index contributed by atoms with van der Waals surface area (Å²) in [6.45, 7) is 3.20. The lowest BCUT2D eigenvalue weighted by molar-refractivity contribution is -0.111. The maximum absolute atomic E-state index is 11.7. The molecule has 0 spiro atoms. The fourth-order valence-corrected chi connectivity index (χ4v) is 2.95. The van der Waals surface area contributed by atoms with Crippen LogP contribution in [0.3, 0.4) is 0 Å². The first-order valence-corrected chi connectivity index (χ1v) is 7.84. The molecule has 1 aliphatic heterocycles. The molecule has 1 saturated heterocycles. The van der Waals surface area contributed by atoms with E-state index >= 15 is 0 Å². The van der Waals surface area contributed by atoms with Crippen LogP contribution in [0.2, 0.25) is 0 Å². The number of hydrogen-bond acceptors (Lipinski definition) is 5. The number of nitrogens with zero attached hydrogens (tertiary/aromatic N) is 2. The highest BCUT2D eigenvalue weighted by molar-refractivity contribution is 6.49. The average Bonchev–Trinajstić information content (AvgIpc) is 2.98. The van der Waals surface area contributed by atoms with Gasteiger partial charge in [-0.25, -0.2) is 4.99 Å². The molecule has 1 unspecified atom stereocenters. The number of aliphatic imine (C=N–C) groups is 1. The van der Waals surface area contributed by atoms with E-state index < -0.39 is 0 Å². The largest absolute Gasteiger partial charge is 0.396 e. The Morgan fingerprint density at radius 2 is 2.04 bits per heavy atom. The monoisotopic (exact) mass is 331 g/mol. The molecule has 0 aromatic heterocycles. The molecular weight excluding hydrogens is 314 g/mol. The molecule has 1 heterocycles. The van der Waals surface area contributed by atoms with Crippen molar-refractivity contribution in [3.63, 3.8) is 0 Å². The second-order valence-electron chi connectivity index (χ2n) is 5.79. The Labute approximate surface area is 139 Å². The summed E-state index contributed by atoms with van der Waals surface area (Å²) in [4.78, 5) is 18.3. The van der Waals surface area contributed by atoms with Crippen LogP contribution in [0.15, 0.2) is 51.6 Å². The van der Waals surface area contributed by atoms with Gasteiger partial charge in [-0.2, -0.15) is 0 Å². The van der Waals surface area contributed by atoms with Crippen molar-refractivity contribution in [3.05, 3.63) is 46.6 Å². The third-order valence-electron chi connectivity index (χ3n) is 4.05. The zero-order valence-corrected chi connectivity index (χ0v) is 13.5. The zero-order valence-electron chi connectivity index (χ0n) is 12.8. The van der Waals surface area contributed by atoms with Crippen LogP contribution in [-0.4, -0.2) is 35.8 Å². The van der Waals surface area contributed by atoms with Crippen LogP contribution < -0.4 is 10.6 Å². The van der Waals surface area contributed by atoms with Gasteiger partial charge in [-0.05, 0) is 43.7 Å². The van der Waals surface area contributed by atoms with Crippen LogP contribution >= 0.6 is 11.6 Å². The maximum Gasteiger partial charge on any atom is 0.202 e. The van der Waals surface area contributed by atoms with E-state index in [1.165, 1.54) is 0 Å². The Balaban J connectivity index is 1.84. The van der Waals surface area contributed by atoms with E-state index in [1.54, 1.807) is 13.0 Å². The smallest absolute Gasteiger partial charge is 0.202 e. The van der Waals surface area contributed by atoms with Gasteiger partial charge in [0.1, 0.15) is 5.03 Å². The van der Waals surface area contributed by atoms with E-state index in [2.05, 4.69) is 9.89 Å². The predicted molar refractivity (Wildman–Crippen MR) is 92.2 cm³/mol. The van der Waals surface area contributed by atoms with Crippen molar-refractivity contribution in [3.8, 4) is 0 Å². The van der Waals surface area contributed by atoms with Gasteiger partial charge in [0.2, 0.25) is 5.78 Å². The highest BCUT2D eigenvalue weighted by Gasteiger charge is 2.22. The zero-order chi connectivity index (χ0) is 16.6. The van der Waals surface area contributed by atoms with Crippen molar-refractivity contribution >= 4 is 34.5 Å². The van der Waals surface area contributed by atoms with Gasteiger partial charge in [-0.1, -0.05) is 11.6 Å². The van der Waals surface area contributed by atoms with Crippen LogP contribution in [0.1, 0.15) is 13.3 Å². The molecule has 5 nitrogen and oxygen atoms in total. The molecule has 0 radical (unpaired) electrons. The number of anilines is 1. The average molecular weight is 332 g/mol. The number of nitrogens with two attached hydrogens (primary N) is 1. The number of aliphatic hydroxyl groups is 1. The molecule has 3 rings (SSSR count). The highest BCUT2D eigenvalue weighted by atomic mass is 35.5.